The van der Waals surface area contributed by atoms with Crippen molar-refractivity contribution in [1.82, 2.24) is 20.0 Å². The van der Waals surface area contributed by atoms with Gasteiger partial charge in [-0.1, -0.05) is 0 Å². The van der Waals surface area contributed by atoms with E-state index in [1.807, 2.05) is 11.9 Å². The molecule has 8 nitrogen and oxygen atoms in total. The molecule has 0 unspecified atom stereocenters. The molecule has 2 aromatic rings. The first-order valence-corrected chi connectivity index (χ1v) is 8.82. The quantitative estimate of drug-likeness (QED) is 0.601. The Kier molecular flexibility index (Phi) is 7.32. The maximum Gasteiger partial charge on any atom is 0.269 e. The molecule has 0 atom stereocenters. The largest absolute Gasteiger partial charge is 0.339 e. The summed E-state index contributed by atoms with van der Waals surface area (Å²) in [6.07, 6.45) is 6.44. The fraction of sp³-hybridized carbons (Fsp3) is 0.444. The molecule has 27 heavy (non-hydrogen) atoms. The molecule has 1 aliphatic rings. The molecular weight excluding hydrogens is 370 g/mol. The Balaban J connectivity index is 0.00000261. The van der Waals surface area contributed by atoms with E-state index in [-0.39, 0.29) is 24.0 Å². The number of benzene rings is 1. The Labute approximate surface area is 164 Å². The van der Waals surface area contributed by atoms with Crippen molar-refractivity contribution in [3.05, 3.63) is 52.3 Å². The molecule has 0 spiro atoms. The summed E-state index contributed by atoms with van der Waals surface area (Å²) < 4.78 is 1.57. The minimum atomic E-state index is -0.442. The van der Waals surface area contributed by atoms with Crippen LogP contribution in [0.3, 0.4) is 0 Å². The first kappa shape index (κ1) is 20.9. The van der Waals surface area contributed by atoms with Gasteiger partial charge >= 0.3 is 0 Å². The summed E-state index contributed by atoms with van der Waals surface area (Å²) >= 11 is 0. The summed E-state index contributed by atoms with van der Waals surface area (Å²) in [5.41, 5.74) is 1.25. The summed E-state index contributed by atoms with van der Waals surface area (Å²) in [5, 5.41) is 18.1. The van der Waals surface area contributed by atoms with Gasteiger partial charge in [0.2, 0.25) is 0 Å². The fourth-order valence-corrected chi connectivity index (χ4v) is 3.26. The van der Waals surface area contributed by atoms with Gasteiger partial charge < -0.3 is 10.2 Å². The van der Waals surface area contributed by atoms with Crippen LogP contribution >= 0.6 is 12.4 Å². The van der Waals surface area contributed by atoms with Crippen LogP contribution in [0.25, 0.3) is 5.69 Å². The molecule has 1 fully saturated rings. The van der Waals surface area contributed by atoms with E-state index >= 15 is 0 Å². The maximum absolute atomic E-state index is 12.7. The average molecular weight is 394 g/mol. The summed E-state index contributed by atoms with van der Waals surface area (Å²) in [6, 6.07) is 6.09. The number of non-ortho nitro benzene ring substituents is 1. The van der Waals surface area contributed by atoms with Crippen LogP contribution in [0, 0.1) is 16.0 Å². The lowest BCUT2D eigenvalue weighted by Gasteiger charge is -2.31. The van der Waals surface area contributed by atoms with E-state index in [4.69, 9.17) is 0 Å². The van der Waals surface area contributed by atoms with Crippen LogP contribution in [0.1, 0.15) is 29.6 Å². The zero-order valence-electron chi connectivity index (χ0n) is 15.2. The summed E-state index contributed by atoms with van der Waals surface area (Å²) in [7, 11) is 1.96. The van der Waals surface area contributed by atoms with E-state index in [0.717, 1.165) is 38.9 Å². The molecule has 1 amide bonds. The second-order valence-electron chi connectivity index (χ2n) is 6.57. The first-order valence-electron chi connectivity index (χ1n) is 8.82. The van der Waals surface area contributed by atoms with Crippen LogP contribution in [0.15, 0.2) is 36.7 Å². The summed E-state index contributed by atoms with van der Waals surface area (Å²) in [4.78, 5) is 24.8. The van der Waals surface area contributed by atoms with Crippen molar-refractivity contribution in [1.29, 1.82) is 0 Å². The number of rotatable bonds is 6. The molecule has 0 aliphatic carbocycles. The van der Waals surface area contributed by atoms with Gasteiger partial charge in [-0.05, 0) is 50.9 Å². The van der Waals surface area contributed by atoms with E-state index in [2.05, 4.69) is 10.4 Å². The molecule has 9 heteroatoms. The van der Waals surface area contributed by atoms with Crippen molar-refractivity contribution < 1.29 is 9.72 Å². The minimum absolute atomic E-state index is 0. The van der Waals surface area contributed by atoms with Crippen LogP contribution in [0.5, 0.6) is 0 Å². The number of halogens is 1. The number of hydrogen-bond acceptors (Lipinski definition) is 5. The van der Waals surface area contributed by atoms with Gasteiger partial charge in [0, 0.05) is 31.4 Å². The fourth-order valence-electron chi connectivity index (χ4n) is 3.26. The van der Waals surface area contributed by atoms with Gasteiger partial charge in [0.05, 0.1) is 22.4 Å². The average Bonchev–Trinajstić information content (AvgIpc) is 3.16. The Morgan fingerprint density at radius 1 is 1.30 bits per heavy atom. The van der Waals surface area contributed by atoms with Crippen LogP contribution in [-0.2, 0) is 0 Å². The van der Waals surface area contributed by atoms with Crippen molar-refractivity contribution in [3.8, 4) is 5.69 Å². The van der Waals surface area contributed by atoms with Gasteiger partial charge in [-0.25, -0.2) is 4.68 Å². The Morgan fingerprint density at radius 3 is 2.56 bits per heavy atom. The third-order valence-electron chi connectivity index (χ3n) is 4.86. The second kappa shape index (κ2) is 9.48. The zero-order chi connectivity index (χ0) is 18.5. The number of carbonyl (C=O) groups is 1. The molecule has 1 aromatic carbocycles. The van der Waals surface area contributed by atoms with Crippen molar-refractivity contribution >= 4 is 24.0 Å². The van der Waals surface area contributed by atoms with Crippen molar-refractivity contribution in [2.45, 2.75) is 19.3 Å². The van der Waals surface area contributed by atoms with E-state index in [1.165, 1.54) is 12.1 Å². The predicted molar refractivity (Wildman–Crippen MR) is 105 cm³/mol. The highest BCUT2D eigenvalue weighted by Crippen LogP contribution is 2.22. The third kappa shape index (κ3) is 5.05. The Bertz CT molecular complexity index is 770. The number of nitro groups is 1. The van der Waals surface area contributed by atoms with Crippen LogP contribution in [0.2, 0.25) is 0 Å². The van der Waals surface area contributed by atoms with E-state index in [9.17, 15) is 14.9 Å². The number of nitro benzene ring substituents is 1. The molecule has 1 saturated heterocycles. The molecular formula is C18H24ClN5O3. The molecule has 1 aliphatic heterocycles. The smallest absolute Gasteiger partial charge is 0.269 e. The van der Waals surface area contributed by atoms with E-state index in [0.29, 0.717) is 17.2 Å². The molecule has 3 rings (SSSR count). The lowest BCUT2D eigenvalue weighted by atomic mass is 9.93. The summed E-state index contributed by atoms with van der Waals surface area (Å²) in [5.74, 6) is 0.666. The molecule has 146 valence electrons. The van der Waals surface area contributed by atoms with Gasteiger partial charge in [0.25, 0.3) is 11.6 Å². The van der Waals surface area contributed by atoms with Gasteiger partial charge in [0.1, 0.15) is 0 Å². The maximum atomic E-state index is 12.7. The van der Waals surface area contributed by atoms with Crippen molar-refractivity contribution in [2.24, 2.45) is 5.92 Å². The highest BCUT2D eigenvalue weighted by molar-refractivity contribution is 5.93. The normalized spacial score (nSPS) is 14.6. The van der Waals surface area contributed by atoms with E-state index in [1.54, 1.807) is 29.2 Å². The minimum Gasteiger partial charge on any atom is -0.339 e. The van der Waals surface area contributed by atoms with Crippen molar-refractivity contribution in [3.63, 3.8) is 0 Å². The number of hydrogen-bond donors (Lipinski definition) is 1. The van der Waals surface area contributed by atoms with Gasteiger partial charge in [-0.3, -0.25) is 14.9 Å². The Hall–Kier alpha value is -2.45. The number of aromatic nitrogens is 2. The molecule has 2 heterocycles. The number of carbonyl (C=O) groups excluding carboxylic acids is 1. The molecule has 1 N–H and O–H groups in total. The lowest BCUT2D eigenvalue weighted by Crippen LogP contribution is -2.38. The zero-order valence-corrected chi connectivity index (χ0v) is 16.0. The standard InChI is InChI=1S/C18H23N5O3.ClH/c1-19-9-6-14-7-10-21(11-8-14)18(24)15-12-20-22(13-15)16-2-4-17(5-3-16)23(25)26;/h2-5,12-14,19H,6-11H2,1H3;1H. The monoisotopic (exact) mass is 393 g/mol. The van der Waals surface area contributed by atoms with Crippen LogP contribution < -0.4 is 5.32 Å². The number of nitrogens with zero attached hydrogens (tertiary/aromatic N) is 4. The highest BCUT2D eigenvalue weighted by atomic mass is 35.5. The van der Waals surface area contributed by atoms with E-state index < -0.39 is 4.92 Å². The first-order chi connectivity index (χ1) is 12.6. The van der Waals surface area contributed by atoms with Crippen LogP contribution in [0.4, 0.5) is 5.69 Å². The number of likely N-dealkylation sites (tertiary alicyclic amines) is 1. The number of amides is 1. The van der Waals surface area contributed by atoms with Crippen molar-refractivity contribution in [2.75, 3.05) is 26.7 Å². The number of nitrogens with one attached hydrogen (secondary N) is 1. The molecule has 1 aromatic heterocycles. The van der Waals surface area contributed by atoms with Gasteiger partial charge in [-0.2, -0.15) is 5.10 Å². The highest BCUT2D eigenvalue weighted by Gasteiger charge is 2.24. The molecule has 0 radical (unpaired) electrons. The second-order valence-corrected chi connectivity index (χ2v) is 6.57. The van der Waals surface area contributed by atoms with Crippen LogP contribution in [-0.4, -0.2) is 52.2 Å². The van der Waals surface area contributed by atoms with Gasteiger partial charge in [-0.15, -0.1) is 12.4 Å². The van der Waals surface area contributed by atoms with Gasteiger partial charge in [0.15, 0.2) is 0 Å². The number of piperidine rings is 1. The third-order valence-corrected chi connectivity index (χ3v) is 4.86. The SMILES string of the molecule is CNCCC1CCN(C(=O)c2cnn(-c3ccc([N+](=O)[O-])cc3)c2)CC1.Cl. The lowest BCUT2D eigenvalue weighted by molar-refractivity contribution is -0.384. The Morgan fingerprint density at radius 2 is 1.96 bits per heavy atom. The topological polar surface area (TPSA) is 93.3 Å². The molecule has 0 bridgehead atoms. The molecule has 0 saturated carbocycles. The predicted octanol–water partition coefficient (Wildman–Crippen LogP) is 2.66. The summed E-state index contributed by atoms with van der Waals surface area (Å²) in [6.45, 7) is 2.56.